The van der Waals surface area contributed by atoms with Crippen molar-refractivity contribution in [1.82, 2.24) is 0 Å². The molecule has 0 saturated carbocycles. The summed E-state index contributed by atoms with van der Waals surface area (Å²) in [6, 6.07) is 6.66. The van der Waals surface area contributed by atoms with Crippen LogP contribution in [0.5, 0.6) is 11.5 Å². The van der Waals surface area contributed by atoms with Gasteiger partial charge in [-0.1, -0.05) is 18.2 Å². The van der Waals surface area contributed by atoms with E-state index in [9.17, 15) is 22.4 Å². The standard InChI is InChI=1S/C14H10F4O4/c15-13(16)21-10-5-8-2-1-7(4-12(19)20)3-9(8)6-11(10)22-14(17)18/h1-3,5-6,13-14H,4H2,(H,19,20). The zero-order chi connectivity index (χ0) is 16.3. The molecule has 118 valence electrons. The number of halogens is 4. The minimum atomic E-state index is -3.21. The summed E-state index contributed by atoms with van der Waals surface area (Å²) >= 11 is 0. The van der Waals surface area contributed by atoms with E-state index in [1.54, 1.807) is 0 Å². The Morgan fingerprint density at radius 3 is 2.00 bits per heavy atom. The summed E-state index contributed by atoms with van der Waals surface area (Å²) in [6.07, 6.45) is -0.254. The zero-order valence-electron chi connectivity index (χ0n) is 10.9. The molecule has 0 radical (unpaired) electrons. The second kappa shape index (κ2) is 6.50. The highest BCUT2D eigenvalue weighted by atomic mass is 19.3. The summed E-state index contributed by atoms with van der Waals surface area (Å²) in [5.41, 5.74) is 0.436. The number of carbonyl (C=O) groups is 1. The first-order chi connectivity index (χ1) is 10.3. The van der Waals surface area contributed by atoms with Crippen molar-refractivity contribution in [2.24, 2.45) is 0 Å². The van der Waals surface area contributed by atoms with Crippen LogP contribution in [0.3, 0.4) is 0 Å². The molecular formula is C14H10F4O4. The van der Waals surface area contributed by atoms with Gasteiger partial charge in [0.25, 0.3) is 0 Å². The van der Waals surface area contributed by atoms with E-state index in [2.05, 4.69) is 9.47 Å². The van der Waals surface area contributed by atoms with Gasteiger partial charge in [0, 0.05) is 0 Å². The minimum Gasteiger partial charge on any atom is -0.481 e. The SMILES string of the molecule is O=C(O)Cc1ccc2cc(OC(F)F)c(OC(F)F)cc2c1. The Hall–Kier alpha value is -2.51. The van der Waals surface area contributed by atoms with Crippen LogP contribution in [-0.2, 0) is 11.2 Å². The van der Waals surface area contributed by atoms with Crippen LogP contribution in [0.15, 0.2) is 30.3 Å². The molecule has 1 N–H and O–H groups in total. The molecule has 8 heteroatoms. The fourth-order valence-electron chi connectivity index (χ4n) is 1.97. The highest BCUT2D eigenvalue weighted by Crippen LogP contribution is 2.35. The fraction of sp³-hybridized carbons (Fsp3) is 0.214. The molecule has 22 heavy (non-hydrogen) atoms. The van der Waals surface area contributed by atoms with Gasteiger partial charge in [-0.05, 0) is 28.5 Å². The maximum absolute atomic E-state index is 12.3. The molecule has 0 spiro atoms. The molecule has 2 aromatic carbocycles. The number of aliphatic carboxylic acids is 1. The van der Waals surface area contributed by atoms with Gasteiger partial charge in [-0.25, -0.2) is 0 Å². The van der Waals surface area contributed by atoms with Gasteiger partial charge < -0.3 is 14.6 Å². The van der Waals surface area contributed by atoms with Crippen molar-refractivity contribution in [3.8, 4) is 11.5 Å². The lowest BCUT2D eigenvalue weighted by atomic mass is 10.0. The summed E-state index contributed by atoms with van der Waals surface area (Å²) in [4.78, 5) is 10.7. The van der Waals surface area contributed by atoms with Crippen LogP contribution in [0, 0.1) is 0 Å². The van der Waals surface area contributed by atoms with Gasteiger partial charge in [-0.15, -0.1) is 0 Å². The molecule has 0 aliphatic rings. The predicted molar refractivity (Wildman–Crippen MR) is 68.6 cm³/mol. The Balaban J connectivity index is 2.48. The number of benzene rings is 2. The summed E-state index contributed by atoms with van der Waals surface area (Å²) < 4.78 is 57.7. The first-order valence-electron chi connectivity index (χ1n) is 6.03. The number of alkyl halides is 4. The van der Waals surface area contributed by atoms with Crippen molar-refractivity contribution in [2.75, 3.05) is 0 Å². The van der Waals surface area contributed by atoms with Crippen LogP contribution in [-0.4, -0.2) is 24.3 Å². The molecule has 0 aliphatic carbocycles. The first kappa shape index (κ1) is 15.9. The van der Waals surface area contributed by atoms with Crippen molar-refractivity contribution in [3.63, 3.8) is 0 Å². The molecule has 0 saturated heterocycles. The van der Waals surface area contributed by atoms with Crippen LogP contribution in [0.4, 0.5) is 17.6 Å². The normalized spacial score (nSPS) is 11.2. The molecule has 0 atom stereocenters. The molecule has 2 aromatic rings. The van der Waals surface area contributed by atoms with Crippen molar-refractivity contribution in [3.05, 3.63) is 35.9 Å². The van der Waals surface area contributed by atoms with Crippen LogP contribution in [0.2, 0.25) is 0 Å². The molecular weight excluding hydrogens is 308 g/mol. The Labute approximate surface area is 121 Å². The third kappa shape index (κ3) is 4.00. The second-order valence-corrected chi connectivity index (χ2v) is 4.31. The number of hydrogen-bond acceptors (Lipinski definition) is 3. The Morgan fingerprint density at radius 1 is 0.955 bits per heavy atom. The highest BCUT2D eigenvalue weighted by Gasteiger charge is 2.16. The van der Waals surface area contributed by atoms with E-state index in [4.69, 9.17) is 5.11 Å². The molecule has 0 fully saturated rings. The molecule has 0 heterocycles. The van der Waals surface area contributed by atoms with Crippen molar-refractivity contribution < 1.29 is 36.9 Å². The fourth-order valence-corrected chi connectivity index (χ4v) is 1.97. The smallest absolute Gasteiger partial charge is 0.387 e. The maximum atomic E-state index is 12.3. The summed E-state index contributed by atoms with van der Waals surface area (Å²) in [5.74, 6) is -2.12. The number of ether oxygens (including phenoxy) is 2. The van der Waals surface area contributed by atoms with Crippen LogP contribution in [0.1, 0.15) is 5.56 Å². The topological polar surface area (TPSA) is 55.8 Å². The van der Waals surface area contributed by atoms with Gasteiger partial charge in [0.2, 0.25) is 0 Å². The first-order valence-corrected chi connectivity index (χ1v) is 6.03. The monoisotopic (exact) mass is 318 g/mol. The Kier molecular flexibility index (Phi) is 4.69. The van der Waals surface area contributed by atoms with E-state index in [-0.39, 0.29) is 6.42 Å². The lowest BCUT2D eigenvalue weighted by Gasteiger charge is -2.13. The highest BCUT2D eigenvalue weighted by molar-refractivity contribution is 5.87. The van der Waals surface area contributed by atoms with Crippen LogP contribution in [0.25, 0.3) is 10.8 Å². The van der Waals surface area contributed by atoms with Gasteiger partial charge in [-0.3, -0.25) is 4.79 Å². The average Bonchev–Trinajstić information content (AvgIpc) is 2.37. The average molecular weight is 318 g/mol. The van der Waals surface area contributed by atoms with Crippen molar-refractivity contribution in [2.45, 2.75) is 19.6 Å². The second-order valence-electron chi connectivity index (χ2n) is 4.31. The van der Waals surface area contributed by atoms with E-state index in [1.165, 1.54) is 18.2 Å². The summed E-state index contributed by atoms with van der Waals surface area (Å²) in [5, 5.41) is 9.52. The maximum Gasteiger partial charge on any atom is 0.387 e. The summed E-state index contributed by atoms with van der Waals surface area (Å²) in [6.45, 7) is -6.40. The van der Waals surface area contributed by atoms with E-state index < -0.39 is 30.7 Å². The van der Waals surface area contributed by atoms with Gasteiger partial charge in [0.15, 0.2) is 11.5 Å². The van der Waals surface area contributed by atoms with Gasteiger partial charge >= 0.3 is 19.2 Å². The molecule has 0 aromatic heterocycles. The van der Waals surface area contributed by atoms with Crippen LogP contribution < -0.4 is 9.47 Å². The number of rotatable bonds is 6. The van der Waals surface area contributed by atoms with Crippen molar-refractivity contribution in [1.29, 1.82) is 0 Å². The zero-order valence-corrected chi connectivity index (χ0v) is 10.9. The lowest BCUT2D eigenvalue weighted by Crippen LogP contribution is -2.07. The Morgan fingerprint density at radius 2 is 1.50 bits per heavy atom. The number of hydrogen-bond donors (Lipinski definition) is 1. The number of fused-ring (bicyclic) bond motifs is 1. The van der Waals surface area contributed by atoms with Gasteiger partial charge in [0.05, 0.1) is 6.42 Å². The largest absolute Gasteiger partial charge is 0.481 e. The third-order valence-electron chi connectivity index (χ3n) is 2.75. The van der Waals surface area contributed by atoms with Gasteiger partial charge in [-0.2, -0.15) is 17.6 Å². The van der Waals surface area contributed by atoms with Crippen LogP contribution >= 0.6 is 0 Å². The molecule has 0 amide bonds. The molecule has 0 aliphatic heterocycles. The van der Waals surface area contributed by atoms with E-state index >= 15 is 0 Å². The lowest BCUT2D eigenvalue weighted by molar-refractivity contribution is -0.136. The molecule has 0 bridgehead atoms. The molecule has 4 nitrogen and oxygen atoms in total. The van der Waals surface area contributed by atoms with E-state index in [1.807, 2.05) is 0 Å². The molecule has 2 rings (SSSR count). The quantitative estimate of drug-likeness (QED) is 0.826. The summed E-state index contributed by atoms with van der Waals surface area (Å²) in [7, 11) is 0. The third-order valence-corrected chi connectivity index (χ3v) is 2.75. The van der Waals surface area contributed by atoms with Crippen molar-refractivity contribution >= 4 is 16.7 Å². The predicted octanol–water partition coefficient (Wildman–Crippen LogP) is 3.67. The Bertz CT molecular complexity index is 688. The number of carboxylic acid groups (broad SMARTS) is 1. The van der Waals surface area contributed by atoms with E-state index in [0.29, 0.717) is 16.3 Å². The minimum absolute atomic E-state index is 0.254. The van der Waals surface area contributed by atoms with Gasteiger partial charge in [0.1, 0.15) is 0 Å². The number of carboxylic acids is 1. The van der Waals surface area contributed by atoms with E-state index in [0.717, 1.165) is 12.1 Å². The molecule has 0 unspecified atom stereocenters.